The van der Waals surface area contributed by atoms with Crippen molar-refractivity contribution in [2.75, 3.05) is 12.4 Å². The van der Waals surface area contributed by atoms with Gasteiger partial charge in [-0.05, 0) is 25.1 Å². The van der Waals surface area contributed by atoms with Crippen LogP contribution in [-0.2, 0) is 7.05 Å². The van der Waals surface area contributed by atoms with Crippen LogP contribution in [0.3, 0.4) is 0 Å². The first kappa shape index (κ1) is 20.4. The number of anilines is 1. The van der Waals surface area contributed by atoms with Gasteiger partial charge in [0.2, 0.25) is 12.1 Å². The van der Waals surface area contributed by atoms with Gasteiger partial charge in [-0.2, -0.15) is 0 Å². The number of imidazole rings is 1. The molecule has 2 aromatic heterocycles. The Morgan fingerprint density at radius 3 is 2.81 bits per heavy atom. The molecule has 31 heavy (non-hydrogen) atoms. The third-order valence-corrected chi connectivity index (χ3v) is 5.23. The van der Waals surface area contributed by atoms with Gasteiger partial charge in [-0.25, -0.2) is 4.98 Å². The summed E-state index contributed by atoms with van der Waals surface area (Å²) in [5.74, 6) is 1.74. The number of fused-ring (bicyclic) bond motifs is 1. The lowest BCUT2D eigenvalue weighted by Gasteiger charge is -2.29. The van der Waals surface area contributed by atoms with Gasteiger partial charge in [0.25, 0.3) is 11.7 Å². The van der Waals surface area contributed by atoms with Gasteiger partial charge < -0.3 is 30.2 Å². The standard InChI is InChI=1S/C22H23N5O4/c1-22(12-13(28)4-7-19(22)29)26-21-25-16-10-14(5-6-18(16)27(21)3)31-15-8-9-24-17(11-15)20(30)23-2/h4-12,19,28-29H,1-3H3,(H,23,30)(H,25,26)/p+2. The van der Waals surface area contributed by atoms with Crippen LogP contribution in [0.5, 0.6) is 11.5 Å². The van der Waals surface area contributed by atoms with E-state index in [2.05, 4.69) is 20.6 Å². The molecule has 1 aliphatic rings. The Bertz CT molecular complexity index is 1220. The molecule has 0 radical (unpaired) electrons. The molecule has 4 rings (SSSR count). The Balaban J connectivity index is 1.61. The van der Waals surface area contributed by atoms with Crippen molar-refractivity contribution in [1.29, 1.82) is 0 Å². The van der Waals surface area contributed by atoms with E-state index in [1.54, 1.807) is 37.4 Å². The molecular formula is C22H25N5O4+2. The molecule has 6 N–H and O–H groups in total. The third-order valence-electron chi connectivity index (χ3n) is 5.23. The first-order valence-electron chi connectivity index (χ1n) is 9.73. The van der Waals surface area contributed by atoms with Gasteiger partial charge in [-0.3, -0.25) is 9.78 Å². The lowest BCUT2D eigenvalue weighted by Crippen LogP contribution is -2.46. The van der Waals surface area contributed by atoms with E-state index in [1.807, 2.05) is 36.7 Å². The summed E-state index contributed by atoms with van der Waals surface area (Å²) in [7, 11) is 3.44. The van der Waals surface area contributed by atoms with Gasteiger partial charge in [0.05, 0.1) is 11.0 Å². The molecule has 160 valence electrons. The highest BCUT2D eigenvalue weighted by atomic mass is 16.5. The second kappa shape index (κ2) is 7.77. The molecule has 2 atom stereocenters. The smallest absolute Gasteiger partial charge is 0.269 e. The highest BCUT2D eigenvalue weighted by molar-refractivity contribution is 5.92. The summed E-state index contributed by atoms with van der Waals surface area (Å²) in [4.78, 5) is 20.5. The van der Waals surface area contributed by atoms with Crippen LogP contribution < -0.4 is 15.4 Å². The topological polar surface area (TPSA) is 127 Å². The van der Waals surface area contributed by atoms with Gasteiger partial charge in [-0.15, -0.1) is 0 Å². The fourth-order valence-electron chi connectivity index (χ4n) is 3.43. The molecule has 1 aromatic carbocycles. The summed E-state index contributed by atoms with van der Waals surface area (Å²) in [5.41, 5.74) is 1.14. The fourth-order valence-corrected chi connectivity index (χ4v) is 3.43. The number of hydrogen-bond acceptors (Lipinski definition) is 5. The van der Waals surface area contributed by atoms with Crippen LogP contribution in [0.25, 0.3) is 11.0 Å². The molecule has 2 unspecified atom stereocenters. The van der Waals surface area contributed by atoms with Crippen molar-refractivity contribution in [1.82, 2.24) is 19.9 Å². The largest absolute Gasteiger partial charge is 0.593 e. The van der Waals surface area contributed by atoms with Crippen LogP contribution in [-0.4, -0.2) is 49.3 Å². The molecule has 1 amide bonds. The summed E-state index contributed by atoms with van der Waals surface area (Å²) in [6, 6.07) is 8.79. The molecule has 0 spiro atoms. The molecule has 9 heteroatoms. The zero-order chi connectivity index (χ0) is 22.2. The monoisotopic (exact) mass is 423 g/mol. The van der Waals surface area contributed by atoms with E-state index in [9.17, 15) is 4.79 Å². The van der Waals surface area contributed by atoms with E-state index >= 15 is 0 Å². The number of pyridine rings is 1. The van der Waals surface area contributed by atoms with Crippen molar-refractivity contribution in [3.63, 3.8) is 0 Å². The molecule has 0 bridgehead atoms. The number of benzene rings is 1. The maximum atomic E-state index is 11.8. The summed E-state index contributed by atoms with van der Waals surface area (Å²) < 4.78 is 7.81. The minimum atomic E-state index is -0.742. The van der Waals surface area contributed by atoms with Gasteiger partial charge in [0, 0.05) is 50.7 Å². The number of ether oxygens (including phenoxy) is 1. The molecule has 9 nitrogen and oxygen atoms in total. The van der Waals surface area contributed by atoms with E-state index in [-0.39, 0.29) is 11.6 Å². The first-order chi connectivity index (χ1) is 14.8. The van der Waals surface area contributed by atoms with E-state index in [4.69, 9.17) is 14.9 Å². The van der Waals surface area contributed by atoms with Crippen LogP contribution in [0, 0.1) is 0 Å². The maximum Gasteiger partial charge on any atom is 0.269 e. The zero-order valence-corrected chi connectivity index (χ0v) is 17.4. The molecular weight excluding hydrogens is 398 g/mol. The van der Waals surface area contributed by atoms with Crippen LogP contribution in [0.15, 0.2) is 60.5 Å². The fraction of sp³-hybridized carbons (Fsp3) is 0.227. The molecule has 3 aromatic rings. The average molecular weight is 423 g/mol. The Labute approximate surface area is 178 Å². The molecule has 2 heterocycles. The zero-order valence-electron chi connectivity index (χ0n) is 17.4. The van der Waals surface area contributed by atoms with Crippen molar-refractivity contribution in [2.24, 2.45) is 7.05 Å². The Morgan fingerprint density at radius 2 is 2.03 bits per heavy atom. The van der Waals surface area contributed by atoms with Crippen molar-refractivity contribution in [3.05, 3.63) is 66.2 Å². The van der Waals surface area contributed by atoms with Crippen LogP contribution in [0.1, 0.15) is 17.4 Å². The summed E-state index contributed by atoms with van der Waals surface area (Å²) >= 11 is 0. The van der Waals surface area contributed by atoms with E-state index in [0.29, 0.717) is 23.2 Å². The van der Waals surface area contributed by atoms with E-state index in [0.717, 1.165) is 11.0 Å². The van der Waals surface area contributed by atoms with E-state index < -0.39 is 11.6 Å². The number of carbonyl (C=O) groups is 1. The minimum Gasteiger partial charge on any atom is -0.593 e. The molecule has 0 saturated heterocycles. The average Bonchev–Trinajstić information content (AvgIpc) is 3.05. The number of nitrogens with zero attached hydrogens (tertiary/aromatic N) is 3. The number of hydrogen-bond donors (Lipinski definition) is 2. The first-order valence-corrected chi connectivity index (χ1v) is 9.73. The predicted molar refractivity (Wildman–Crippen MR) is 119 cm³/mol. The Morgan fingerprint density at radius 1 is 1.26 bits per heavy atom. The maximum absolute atomic E-state index is 11.8. The number of amides is 1. The molecule has 1 aliphatic carbocycles. The normalized spacial score (nSPS) is 20.4. The summed E-state index contributed by atoms with van der Waals surface area (Å²) in [6.07, 6.45) is 6.04. The number of rotatable bonds is 5. The Kier molecular flexibility index (Phi) is 5.12. The quantitative estimate of drug-likeness (QED) is 0.602. The SMILES string of the molecule is CNC(=O)c1cc(Oc2ccc3c(c2)nc(NC2(C)C=C([OH2+])C=CC2[OH2+])n3C)ccn1. The van der Waals surface area contributed by atoms with Crippen molar-refractivity contribution < 1.29 is 19.7 Å². The van der Waals surface area contributed by atoms with Crippen molar-refractivity contribution in [2.45, 2.75) is 18.6 Å². The lowest BCUT2D eigenvalue weighted by molar-refractivity contribution is 0.0958. The van der Waals surface area contributed by atoms with Gasteiger partial charge >= 0.3 is 0 Å². The molecule has 0 aliphatic heterocycles. The van der Waals surface area contributed by atoms with Gasteiger partial charge in [0.1, 0.15) is 22.7 Å². The second-order valence-electron chi connectivity index (χ2n) is 7.55. The number of aromatic nitrogens is 3. The minimum absolute atomic E-state index is 0.270. The third kappa shape index (κ3) is 3.95. The number of nitrogens with one attached hydrogen (secondary N) is 2. The van der Waals surface area contributed by atoms with E-state index in [1.165, 1.54) is 6.20 Å². The Hall–Kier alpha value is -3.85. The highest BCUT2D eigenvalue weighted by Crippen LogP contribution is 2.30. The number of carbonyl (C=O) groups excluding carboxylic acids is 1. The number of allylic oxidation sites excluding steroid dienone is 1. The van der Waals surface area contributed by atoms with Gasteiger partial charge in [0.15, 0.2) is 0 Å². The molecule has 0 fully saturated rings. The van der Waals surface area contributed by atoms with Crippen molar-refractivity contribution >= 4 is 22.9 Å². The summed E-state index contributed by atoms with van der Waals surface area (Å²) in [5, 5.41) is 22.1. The second-order valence-corrected chi connectivity index (χ2v) is 7.55. The predicted octanol–water partition coefficient (Wildman–Crippen LogP) is 1.56. The number of aryl methyl sites for hydroxylation is 1. The van der Waals surface area contributed by atoms with Crippen LogP contribution >= 0.6 is 0 Å². The van der Waals surface area contributed by atoms with Crippen LogP contribution in [0.2, 0.25) is 0 Å². The highest BCUT2D eigenvalue weighted by Gasteiger charge is 2.38. The van der Waals surface area contributed by atoms with Gasteiger partial charge in [-0.1, -0.05) is 0 Å². The van der Waals surface area contributed by atoms with Crippen LogP contribution in [0.4, 0.5) is 5.95 Å². The summed E-state index contributed by atoms with van der Waals surface area (Å²) in [6.45, 7) is 1.88. The van der Waals surface area contributed by atoms with Crippen molar-refractivity contribution in [3.8, 4) is 11.5 Å². The lowest BCUT2D eigenvalue weighted by atomic mass is 9.90. The molecule has 0 saturated carbocycles.